The minimum absolute atomic E-state index is 0.101. The zero-order valence-corrected chi connectivity index (χ0v) is 12.2. The molecule has 5 nitrogen and oxygen atoms in total. The van der Waals surface area contributed by atoms with Gasteiger partial charge in [0, 0.05) is 13.0 Å². The Morgan fingerprint density at radius 2 is 2.38 bits per heavy atom. The number of amides is 1. The molecular formula is C16H20N2O3. The summed E-state index contributed by atoms with van der Waals surface area (Å²) in [5.41, 5.74) is 3.25. The van der Waals surface area contributed by atoms with E-state index < -0.39 is 6.10 Å². The van der Waals surface area contributed by atoms with E-state index in [1.54, 1.807) is 0 Å². The van der Waals surface area contributed by atoms with Gasteiger partial charge in [-0.3, -0.25) is 4.79 Å². The van der Waals surface area contributed by atoms with Crippen LogP contribution in [0, 0.1) is 0 Å². The molecule has 0 aliphatic carbocycles. The molecule has 3 rings (SSSR count). The summed E-state index contributed by atoms with van der Waals surface area (Å²) in [5.74, 6) is 0.868. The number of carbonyl (C=O) groups excluding carboxylic acids is 1. The van der Waals surface area contributed by atoms with Gasteiger partial charge in [0.15, 0.2) is 0 Å². The molecule has 0 unspecified atom stereocenters. The Morgan fingerprint density at radius 3 is 3.19 bits per heavy atom. The molecule has 5 heteroatoms. The third kappa shape index (κ3) is 3.17. The maximum absolute atomic E-state index is 12.0. The van der Waals surface area contributed by atoms with Crippen LogP contribution in [0.1, 0.15) is 37.3 Å². The largest absolute Gasteiger partial charge is 0.493 e. The number of aryl methyl sites for hydroxylation is 1. The van der Waals surface area contributed by atoms with Gasteiger partial charge in [0.2, 0.25) is 6.10 Å². The lowest BCUT2D eigenvalue weighted by molar-refractivity contribution is -0.131. The number of oxime groups is 1. The maximum Gasteiger partial charge on any atom is 0.264 e. The molecule has 21 heavy (non-hydrogen) atoms. The summed E-state index contributed by atoms with van der Waals surface area (Å²) < 4.78 is 5.59. The first-order chi connectivity index (χ1) is 10.3. The highest BCUT2D eigenvalue weighted by molar-refractivity contribution is 5.92. The number of carbonyl (C=O) groups is 1. The van der Waals surface area contributed by atoms with Crippen LogP contribution in [0.15, 0.2) is 23.4 Å². The molecular weight excluding hydrogens is 268 g/mol. The smallest absolute Gasteiger partial charge is 0.264 e. The SMILES string of the molecule is CCC1=NO[C@H](C(=O)NCc2ccc3c(c2)CCCO3)C1. The van der Waals surface area contributed by atoms with Gasteiger partial charge in [-0.2, -0.15) is 0 Å². The van der Waals surface area contributed by atoms with Crippen molar-refractivity contribution in [3.63, 3.8) is 0 Å². The van der Waals surface area contributed by atoms with Crippen LogP contribution in [0.4, 0.5) is 0 Å². The fourth-order valence-electron chi connectivity index (χ4n) is 2.60. The lowest BCUT2D eigenvalue weighted by Gasteiger charge is -2.18. The molecule has 1 aromatic rings. The zero-order valence-electron chi connectivity index (χ0n) is 12.2. The molecule has 0 saturated carbocycles. The molecule has 2 aliphatic rings. The molecule has 2 aliphatic heterocycles. The van der Waals surface area contributed by atoms with Gasteiger partial charge in [-0.15, -0.1) is 0 Å². The van der Waals surface area contributed by atoms with Crippen molar-refractivity contribution in [2.24, 2.45) is 5.16 Å². The van der Waals surface area contributed by atoms with Crippen molar-refractivity contribution >= 4 is 11.6 Å². The van der Waals surface area contributed by atoms with Crippen molar-refractivity contribution in [2.75, 3.05) is 6.61 Å². The summed E-state index contributed by atoms with van der Waals surface area (Å²) in [6, 6.07) is 6.09. The standard InChI is InChI=1S/C16H20N2O3/c1-2-13-9-15(21-18-13)16(19)17-10-11-5-6-14-12(8-11)4-3-7-20-14/h5-6,8,15H,2-4,7,9-10H2,1H3,(H,17,19)/t15-/m0/s1. The Balaban J connectivity index is 1.54. The molecule has 0 fully saturated rings. The van der Waals surface area contributed by atoms with E-state index in [0.717, 1.165) is 42.9 Å². The zero-order chi connectivity index (χ0) is 14.7. The first kappa shape index (κ1) is 13.9. The first-order valence-corrected chi connectivity index (χ1v) is 7.50. The number of ether oxygens (including phenoxy) is 1. The molecule has 0 aromatic heterocycles. The number of hydrogen-bond donors (Lipinski definition) is 1. The molecule has 2 heterocycles. The van der Waals surface area contributed by atoms with Crippen LogP contribution in [0.5, 0.6) is 5.75 Å². The van der Waals surface area contributed by atoms with Gasteiger partial charge in [0.05, 0.1) is 12.3 Å². The predicted octanol–water partition coefficient (Wildman–Crippen LogP) is 2.18. The second kappa shape index (κ2) is 6.16. The third-order valence-corrected chi connectivity index (χ3v) is 3.87. The van der Waals surface area contributed by atoms with Gasteiger partial charge in [-0.1, -0.05) is 24.2 Å². The number of fused-ring (bicyclic) bond motifs is 1. The maximum atomic E-state index is 12.0. The van der Waals surface area contributed by atoms with E-state index >= 15 is 0 Å². The van der Waals surface area contributed by atoms with E-state index in [9.17, 15) is 4.79 Å². The van der Waals surface area contributed by atoms with Gasteiger partial charge in [0.25, 0.3) is 5.91 Å². The molecule has 0 radical (unpaired) electrons. The Labute approximate surface area is 124 Å². The molecule has 0 spiro atoms. The van der Waals surface area contributed by atoms with Gasteiger partial charge >= 0.3 is 0 Å². The summed E-state index contributed by atoms with van der Waals surface area (Å²) in [7, 11) is 0. The fraction of sp³-hybridized carbons (Fsp3) is 0.500. The molecule has 0 bridgehead atoms. The summed E-state index contributed by atoms with van der Waals surface area (Å²) in [6.07, 6.45) is 3.04. The second-order valence-corrected chi connectivity index (χ2v) is 5.42. The monoisotopic (exact) mass is 288 g/mol. The highest BCUT2D eigenvalue weighted by Crippen LogP contribution is 2.25. The van der Waals surface area contributed by atoms with Crippen LogP contribution in [-0.2, 0) is 22.6 Å². The predicted molar refractivity (Wildman–Crippen MR) is 79.3 cm³/mol. The number of benzene rings is 1. The summed E-state index contributed by atoms with van der Waals surface area (Å²) in [6.45, 7) is 3.31. The molecule has 1 N–H and O–H groups in total. The van der Waals surface area contributed by atoms with Crippen molar-refractivity contribution in [3.8, 4) is 5.75 Å². The molecule has 1 amide bonds. The van der Waals surface area contributed by atoms with E-state index in [1.165, 1.54) is 5.56 Å². The van der Waals surface area contributed by atoms with E-state index in [1.807, 2.05) is 19.1 Å². The minimum atomic E-state index is -0.471. The highest BCUT2D eigenvalue weighted by atomic mass is 16.6. The normalized spacial score (nSPS) is 20.0. The Bertz CT molecular complexity index is 569. The molecule has 0 saturated heterocycles. The summed E-state index contributed by atoms with van der Waals surface area (Å²) in [5, 5.41) is 6.82. The quantitative estimate of drug-likeness (QED) is 0.924. The molecule has 112 valence electrons. The van der Waals surface area contributed by atoms with Gasteiger partial charge in [0.1, 0.15) is 5.75 Å². The molecule has 1 aromatic carbocycles. The van der Waals surface area contributed by atoms with Gasteiger partial charge < -0.3 is 14.9 Å². The van der Waals surface area contributed by atoms with Crippen LogP contribution in [-0.4, -0.2) is 24.3 Å². The van der Waals surface area contributed by atoms with Crippen LogP contribution in [0.2, 0.25) is 0 Å². The van der Waals surface area contributed by atoms with E-state index in [-0.39, 0.29) is 5.91 Å². The topological polar surface area (TPSA) is 59.9 Å². The van der Waals surface area contributed by atoms with Crippen molar-refractivity contribution in [1.29, 1.82) is 0 Å². The number of nitrogens with zero attached hydrogens (tertiary/aromatic N) is 1. The van der Waals surface area contributed by atoms with E-state index in [0.29, 0.717) is 13.0 Å². The Morgan fingerprint density at radius 1 is 1.48 bits per heavy atom. The molecule has 1 atom stereocenters. The van der Waals surface area contributed by atoms with Crippen molar-refractivity contribution in [1.82, 2.24) is 5.32 Å². The number of nitrogens with one attached hydrogen (secondary N) is 1. The number of hydrogen-bond acceptors (Lipinski definition) is 4. The first-order valence-electron chi connectivity index (χ1n) is 7.50. The lowest BCUT2D eigenvalue weighted by Crippen LogP contribution is -2.34. The summed E-state index contributed by atoms with van der Waals surface area (Å²) in [4.78, 5) is 17.2. The lowest BCUT2D eigenvalue weighted by atomic mass is 10.0. The van der Waals surface area contributed by atoms with Crippen LogP contribution >= 0.6 is 0 Å². The average molecular weight is 288 g/mol. The van der Waals surface area contributed by atoms with Crippen molar-refractivity contribution in [3.05, 3.63) is 29.3 Å². The minimum Gasteiger partial charge on any atom is -0.493 e. The van der Waals surface area contributed by atoms with Crippen LogP contribution in [0.25, 0.3) is 0 Å². The van der Waals surface area contributed by atoms with E-state index in [4.69, 9.17) is 9.57 Å². The van der Waals surface area contributed by atoms with Crippen LogP contribution in [0.3, 0.4) is 0 Å². The fourth-order valence-corrected chi connectivity index (χ4v) is 2.60. The van der Waals surface area contributed by atoms with Crippen molar-refractivity contribution < 1.29 is 14.4 Å². The van der Waals surface area contributed by atoms with Crippen molar-refractivity contribution in [2.45, 2.75) is 45.3 Å². The third-order valence-electron chi connectivity index (χ3n) is 3.87. The summed E-state index contributed by atoms with van der Waals surface area (Å²) >= 11 is 0. The number of rotatable bonds is 4. The average Bonchev–Trinajstić information content (AvgIpc) is 3.01. The van der Waals surface area contributed by atoms with E-state index in [2.05, 4.69) is 16.5 Å². The van der Waals surface area contributed by atoms with Gasteiger partial charge in [-0.25, -0.2) is 0 Å². The Hall–Kier alpha value is -2.04. The van der Waals surface area contributed by atoms with Gasteiger partial charge in [-0.05, 0) is 36.5 Å². The Kier molecular flexibility index (Phi) is 4.08. The second-order valence-electron chi connectivity index (χ2n) is 5.42. The van der Waals surface area contributed by atoms with Crippen LogP contribution < -0.4 is 10.1 Å². The highest BCUT2D eigenvalue weighted by Gasteiger charge is 2.26.